The van der Waals surface area contributed by atoms with Gasteiger partial charge in [0.15, 0.2) is 0 Å². The zero-order chi connectivity index (χ0) is 17.6. The SMILES string of the molecule is CCCCCCOCCOCCOCCOCCO[Si]CCCC. The second kappa shape index (κ2) is 23.0. The summed E-state index contributed by atoms with van der Waals surface area (Å²) in [4.78, 5) is 0. The molecule has 0 saturated heterocycles. The first-order valence-electron chi connectivity index (χ1n) is 9.57. The van der Waals surface area contributed by atoms with Gasteiger partial charge in [0.05, 0.1) is 52.9 Å². The maximum absolute atomic E-state index is 5.50. The molecule has 0 aliphatic rings. The van der Waals surface area contributed by atoms with E-state index in [1.54, 1.807) is 0 Å². The van der Waals surface area contributed by atoms with Crippen molar-refractivity contribution in [3.8, 4) is 0 Å². The molecule has 0 N–H and O–H groups in total. The van der Waals surface area contributed by atoms with Crippen molar-refractivity contribution in [3.05, 3.63) is 0 Å². The van der Waals surface area contributed by atoms with E-state index >= 15 is 0 Å². The Morgan fingerprint density at radius 1 is 0.500 bits per heavy atom. The maximum Gasteiger partial charge on any atom is 0.229 e. The summed E-state index contributed by atoms with van der Waals surface area (Å²) in [6.07, 6.45) is 7.47. The van der Waals surface area contributed by atoms with Crippen LogP contribution in [0.25, 0.3) is 0 Å². The Hall–Kier alpha value is 0.0169. The highest BCUT2D eigenvalue weighted by atomic mass is 28.2. The minimum atomic E-state index is 0.606. The third kappa shape index (κ3) is 22.0. The Morgan fingerprint density at radius 2 is 1.00 bits per heavy atom. The van der Waals surface area contributed by atoms with Gasteiger partial charge in [-0.15, -0.1) is 0 Å². The third-order valence-corrected chi connectivity index (χ3v) is 4.29. The molecule has 5 nitrogen and oxygen atoms in total. The molecule has 0 aromatic rings. The smallest absolute Gasteiger partial charge is 0.229 e. The lowest BCUT2D eigenvalue weighted by Crippen LogP contribution is -2.13. The summed E-state index contributed by atoms with van der Waals surface area (Å²) in [5, 5.41) is 0. The van der Waals surface area contributed by atoms with Gasteiger partial charge in [0.1, 0.15) is 0 Å². The van der Waals surface area contributed by atoms with Gasteiger partial charge in [-0.25, -0.2) is 0 Å². The molecule has 0 rings (SSSR count). The summed E-state index contributed by atoms with van der Waals surface area (Å²) in [7, 11) is 0.612. The van der Waals surface area contributed by atoms with E-state index in [1.165, 1.54) is 38.1 Å². The fourth-order valence-corrected chi connectivity index (χ4v) is 2.76. The zero-order valence-corrected chi connectivity index (χ0v) is 16.9. The van der Waals surface area contributed by atoms with Crippen molar-refractivity contribution < 1.29 is 23.4 Å². The van der Waals surface area contributed by atoms with Gasteiger partial charge in [-0.2, -0.15) is 0 Å². The molecule has 0 unspecified atom stereocenters. The highest BCUT2D eigenvalue weighted by molar-refractivity contribution is 6.26. The van der Waals surface area contributed by atoms with E-state index in [4.69, 9.17) is 23.4 Å². The van der Waals surface area contributed by atoms with E-state index in [-0.39, 0.29) is 0 Å². The van der Waals surface area contributed by atoms with Crippen molar-refractivity contribution in [2.45, 2.75) is 58.4 Å². The fraction of sp³-hybridized carbons (Fsp3) is 1.00. The molecule has 24 heavy (non-hydrogen) atoms. The number of rotatable bonds is 21. The van der Waals surface area contributed by atoms with Crippen LogP contribution in [-0.2, 0) is 23.4 Å². The second-order valence-corrected chi connectivity index (χ2v) is 6.68. The first-order chi connectivity index (χ1) is 11.9. The molecule has 0 amide bonds. The van der Waals surface area contributed by atoms with Crippen molar-refractivity contribution in [2.75, 3.05) is 59.5 Å². The van der Waals surface area contributed by atoms with Crippen LogP contribution in [0.1, 0.15) is 52.4 Å². The maximum atomic E-state index is 5.50. The van der Waals surface area contributed by atoms with Gasteiger partial charge < -0.3 is 23.4 Å². The molecule has 0 saturated carbocycles. The topological polar surface area (TPSA) is 46.2 Å². The van der Waals surface area contributed by atoms with Crippen LogP contribution in [-0.4, -0.2) is 69.2 Å². The number of unbranched alkanes of at least 4 members (excludes halogenated alkanes) is 4. The average molecular weight is 363 g/mol. The zero-order valence-electron chi connectivity index (χ0n) is 15.9. The Bertz CT molecular complexity index is 198. The van der Waals surface area contributed by atoms with Crippen molar-refractivity contribution >= 4 is 9.76 Å². The largest absolute Gasteiger partial charge is 0.415 e. The molecule has 0 atom stereocenters. The van der Waals surface area contributed by atoms with Crippen LogP contribution in [0.15, 0.2) is 0 Å². The van der Waals surface area contributed by atoms with Gasteiger partial charge in [0.25, 0.3) is 0 Å². The van der Waals surface area contributed by atoms with Crippen LogP contribution < -0.4 is 0 Å². The Morgan fingerprint density at radius 3 is 1.54 bits per heavy atom. The first-order valence-corrected chi connectivity index (χ1v) is 10.7. The molecular formula is C18H38O5Si. The second-order valence-electron chi connectivity index (χ2n) is 5.61. The molecule has 2 radical (unpaired) electrons. The summed E-state index contributed by atoms with van der Waals surface area (Å²) in [6, 6.07) is 1.17. The van der Waals surface area contributed by atoms with E-state index in [1.807, 2.05) is 0 Å². The molecule has 0 aliphatic carbocycles. The van der Waals surface area contributed by atoms with Crippen molar-refractivity contribution in [2.24, 2.45) is 0 Å². The predicted molar refractivity (Wildman–Crippen MR) is 98.8 cm³/mol. The summed E-state index contributed by atoms with van der Waals surface area (Å²) >= 11 is 0. The molecule has 0 fully saturated rings. The fourth-order valence-electron chi connectivity index (χ4n) is 1.89. The van der Waals surface area contributed by atoms with E-state index in [0.29, 0.717) is 62.6 Å². The molecule has 0 aromatic heterocycles. The van der Waals surface area contributed by atoms with E-state index in [0.717, 1.165) is 13.0 Å². The monoisotopic (exact) mass is 362 g/mol. The number of hydrogen-bond acceptors (Lipinski definition) is 5. The summed E-state index contributed by atoms with van der Waals surface area (Å²) in [5.41, 5.74) is 0. The number of hydrogen-bond donors (Lipinski definition) is 0. The lowest BCUT2D eigenvalue weighted by Gasteiger charge is -2.07. The van der Waals surface area contributed by atoms with Crippen molar-refractivity contribution in [1.29, 1.82) is 0 Å². The standard InChI is InChI=1S/C18H38O5Si/c1-3-5-7-8-9-19-10-11-20-12-13-21-14-15-22-16-17-23-24-18-6-4-2/h3-18H2,1-2H3. The predicted octanol–water partition coefficient (Wildman–Crippen LogP) is 3.49. The van der Waals surface area contributed by atoms with Crippen LogP contribution in [0, 0.1) is 0 Å². The highest BCUT2D eigenvalue weighted by Crippen LogP contribution is 1.98. The van der Waals surface area contributed by atoms with E-state index in [2.05, 4.69) is 13.8 Å². The Balaban J connectivity index is 2.93. The van der Waals surface area contributed by atoms with Gasteiger partial charge in [0.2, 0.25) is 9.76 Å². The summed E-state index contributed by atoms with van der Waals surface area (Å²) in [5.74, 6) is 0. The highest BCUT2D eigenvalue weighted by Gasteiger charge is 1.94. The molecular weight excluding hydrogens is 324 g/mol. The molecule has 0 heterocycles. The average Bonchev–Trinajstić information content (AvgIpc) is 2.60. The van der Waals surface area contributed by atoms with Gasteiger partial charge in [-0.3, -0.25) is 0 Å². The molecule has 6 heteroatoms. The quantitative estimate of drug-likeness (QED) is 0.231. The van der Waals surface area contributed by atoms with Gasteiger partial charge in [-0.1, -0.05) is 46.0 Å². The molecule has 0 aliphatic heterocycles. The van der Waals surface area contributed by atoms with Crippen molar-refractivity contribution in [3.63, 3.8) is 0 Å². The molecule has 0 bridgehead atoms. The number of ether oxygens (including phenoxy) is 4. The van der Waals surface area contributed by atoms with Gasteiger partial charge in [-0.05, 0) is 12.5 Å². The minimum absolute atomic E-state index is 0.606. The summed E-state index contributed by atoms with van der Waals surface area (Å²) < 4.78 is 27.3. The van der Waals surface area contributed by atoms with Crippen LogP contribution in [0.3, 0.4) is 0 Å². The molecule has 0 aromatic carbocycles. The van der Waals surface area contributed by atoms with Crippen LogP contribution in [0.2, 0.25) is 6.04 Å². The van der Waals surface area contributed by atoms with Crippen LogP contribution in [0.5, 0.6) is 0 Å². The first kappa shape index (κ1) is 24.0. The van der Waals surface area contributed by atoms with Gasteiger partial charge >= 0.3 is 0 Å². The molecule has 144 valence electrons. The third-order valence-electron chi connectivity index (χ3n) is 3.32. The summed E-state index contributed by atoms with van der Waals surface area (Å²) in [6.45, 7) is 10.3. The van der Waals surface area contributed by atoms with Gasteiger partial charge in [0, 0.05) is 6.61 Å². The Kier molecular flexibility index (Phi) is 23.0. The van der Waals surface area contributed by atoms with Crippen molar-refractivity contribution in [1.82, 2.24) is 0 Å². The van der Waals surface area contributed by atoms with E-state index < -0.39 is 0 Å². The lowest BCUT2D eigenvalue weighted by molar-refractivity contribution is -0.00480. The normalized spacial score (nSPS) is 11.2. The van der Waals surface area contributed by atoms with Crippen LogP contribution >= 0.6 is 0 Å². The van der Waals surface area contributed by atoms with Crippen LogP contribution in [0.4, 0.5) is 0 Å². The minimum Gasteiger partial charge on any atom is -0.415 e. The Labute approximate surface area is 151 Å². The van der Waals surface area contributed by atoms with E-state index in [9.17, 15) is 0 Å². The lowest BCUT2D eigenvalue weighted by atomic mass is 10.2. The molecule has 0 spiro atoms.